The Kier molecular flexibility index (Phi) is 6.31. The molecule has 0 saturated carbocycles. The van der Waals surface area contributed by atoms with Crippen LogP contribution in [0.3, 0.4) is 0 Å². The van der Waals surface area contributed by atoms with E-state index in [0.717, 1.165) is 0 Å². The van der Waals surface area contributed by atoms with E-state index < -0.39 is 10.0 Å². The van der Waals surface area contributed by atoms with Gasteiger partial charge in [0.1, 0.15) is 22.1 Å². The molecule has 0 bridgehead atoms. The lowest BCUT2D eigenvalue weighted by Gasteiger charge is -2.15. The number of hydrogen-bond donors (Lipinski definition) is 2. The first-order chi connectivity index (χ1) is 14.2. The van der Waals surface area contributed by atoms with Gasteiger partial charge in [-0.05, 0) is 60.2 Å². The number of rotatable bonds is 6. The van der Waals surface area contributed by atoms with Crippen molar-refractivity contribution in [3.05, 3.63) is 65.7 Å². The molecule has 1 amide bonds. The second-order valence-corrected chi connectivity index (χ2v) is 8.32. The molecule has 3 aromatic carbocycles. The van der Waals surface area contributed by atoms with E-state index in [-0.39, 0.29) is 16.6 Å². The number of sulfonamides is 1. The minimum Gasteiger partial charge on any atom is -0.497 e. The number of carbonyl (C=O) groups excluding carboxylic acids is 1. The molecule has 0 spiro atoms. The van der Waals surface area contributed by atoms with E-state index in [1.54, 1.807) is 48.5 Å². The van der Waals surface area contributed by atoms with Gasteiger partial charge in [-0.25, -0.2) is 13.6 Å². The van der Waals surface area contributed by atoms with E-state index in [4.69, 9.17) is 26.2 Å². The van der Waals surface area contributed by atoms with Crippen molar-refractivity contribution in [3.63, 3.8) is 0 Å². The zero-order valence-electron chi connectivity index (χ0n) is 16.2. The van der Waals surface area contributed by atoms with Crippen LogP contribution in [0.25, 0.3) is 11.1 Å². The average Bonchev–Trinajstić information content (AvgIpc) is 2.69. The molecule has 0 fully saturated rings. The molecule has 9 heteroatoms. The summed E-state index contributed by atoms with van der Waals surface area (Å²) in [6, 6.07) is 16.1. The summed E-state index contributed by atoms with van der Waals surface area (Å²) in [5.41, 5.74) is 1.56. The summed E-state index contributed by atoms with van der Waals surface area (Å²) in [5, 5.41) is 8.68. The number of nitrogens with two attached hydrogens (primary N) is 1. The van der Waals surface area contributed by atoms with Crippen molar-refractivity contribution in [2.75, 3.05) is 12.4 Å². The fourth-order valence-electron chi connectivity index (χ4n) is 2.80. The van der Waals surface area contributed by atoms with Crippen molar-refractivity contribution in [1.82, 2.24) is 0 Å². The van der Waals surface area contributed by atoms with Crippen LogP contribution in [0.15, 0.2) is 65.6 Å². The largest absolute Gasteiger partial charge is 0.497 e. The number of halogens is 1. The molecule has 0 aliphatic rings. The Morgan fingerprint density at radius 3 is 2.27 bits per heavy atom. The molecule has 7 nitrogen and oxygen atoms in total. The number of carbonyl (C=O) groups is 1. The minimum atomic E-state index is -4.11. The Labute approximate surface area is 179 Å². The lowest BCUT2D eigenvalue weighted by Crippen LogP contribution is -2.13. The van der Waals surface area contributed by atoms with Gasteiger partial charge >= 0.3 is 0 Å². The Bertz CT molecular complexity index is 1190. The number of nitrogens with one attached hydrogen (secondary N) is 1. The van der Waals surface area contributed by atoms with Crippen LogP contribution in [0, 0.1) is 0 Å². The average molecular weight is 447 g/mol. The van der Waals surface area contributed by atoms with E-state index in [0.29, 0.717) is 33.3 Å². The standard InChI is InChI=1S/C21H19ClN2O5S/c1-13(25)24-19-9-8-17(28-2)12-18(19)14-3-10-20(21(11-14)30(23,26)27)29-16-6-4-15(22)5-7-16/h3-12H,1-2H3,(H,24,25)(H2,23,26,27). The van der Waals surface area contributed by atoms with Crippen LogP contribution in [0.2, 0.25) is 5.02 Å². The predicted octanol–water partition coefficient (Wildman–Crippen LogP) is 4.41. The van der Waals surface area contributed by atoms with Gasteiger partial charge in [-0.3, -0.25) is 4.79 Å². The number of methoxy groups -OCH3 is 1. The fraction of sp³-hybridized carbons (Fsp3) is 0.0952. The summed E-state index contributed by atoms with van der Waals surface area (Å²) in [4.78, 5) is 11.4. The molecule has 156 valence electrons. The van der Waals surface area contributed by atoms with Crippen molar-refractivity contribution in [2.45, 2.75) is 11.8 Å². The van der Waals surface area contributed by atoms with E-state index in [9.17, 15) is 13.2 Å². The molecule has 0 atom stereocenters. The lowest BCUT2D eigenvalue weighted by molar-refractivity contribution is -0.114. The van der Waals surface area contributed by atoms with Crippen LogP contribution in [0.5, 0.6) is 17.2 Å². The summed E-state index contributed by atoms with van der Waals surface area (Å²) in [6.45, 7) is 1.38. The molecule has 3 aromatic rings. The Morgan fingerprint density at radius 1 is 1.00 bits per heavy atom. The van der Waals surface area contributed by atoms with Gasteiger partial charge < -0.3 is 14.8 Å². The maximum atomic E-state index is 12.2. The van der Waals surface area contributed by atoms with E-state index in [2.05, 4.69) is 5.32 Å². The molecule has 0 aliphatic heterocycles. The van der Waals surface area contributed by atoms with Gasteiger partial charge in [-0.15, -0.1) is 0 Å². The first-order valence-electron chi connectivity index (χ1n) is 8.73. The normalized spacial score (nSPS) is 11.1. The highest BCUT2D eigenvalue weighted by molar-refractivity contribution is 7.89. The van der Waals surface area contributed by atoms with Crippen molar-refractivity contribution in [2.24, 2.45) is 5.14 Å². The molecule has 0 heterocycles. The van der Waals surface area contributed by atoms with Crippen LogP contribution in [-0.2, 0) is 14.8 Å². The van der Waals surface area contributed by atoms with Gasteiger partial charge in [-0.1, -0.05) is 17.7 Å². The van der Waals surface area contributed by atoms with Crippen LogP contribution in [0.1, 0.15) is 6.92 Å². The molecule has 0 radical (unpaired) electrons. The molecular formula is C21H19ClN2O5S. The Hall–Kier alpha value is -3.07. The summed E-state index contributed by atoms with van der Waals surface area (Å²) < 4.78 is 35.5. The van der Waals surface area contributed by atoms with Crippen molar-refractivity contribution in [3.8, 4) is 28.4 Å². The van der Waals surface area contributed by atoms with E-state index in [1.807, 2.05) is 0 Å². The van der Waals surface area contributed by atoms with Gasteiger partial charge in [0.2, 0.25) is 15.9 Å². The Balaban J connectivity index is 2.12. The molecule has 3 N–H and O–H groups in total. The summed E-state index contributed by atoms with van der Waals surface area (Å²) in [5.74, 6) is 0.735. The topological polar surface area (TPSA) is 108 Å². The van der Waals surface area contributed by atoms with Crippen molar-refractivity contribution in [1.29, 1.82) is 0 Å². The summed E-state index contributed by atoms with van der Waals surface area (Å²) in [6.07, 6.45) is 0. The number of hydrogen-bond acceptors (Lipinski definition) is 5. The third-order valence-corrected chi connectivity index (χ3v) is 5.32. The quantitative estimate of drug-likeness (QED) is 0.583. The minimum absolute atomic E-state index is 0.0625. The molecule has 3 rings (SSSR count). The number of amides is 1. The van der Waals surface area contributed by atoms with Gasteiger partial charge in [-0.2, -0.15) is 0 Å². The molecule has 30 heavy (non-hydrogen) atoms. The fourth-order valence-corrected chi connectivity index (χ4v) is 3.61. The maximum absolute atomic E-state index is 12.2. The van der Waals surface area contributed by atoms with Crippen LogP contribution >= 0.6 is 11.6 Å². The zero-order valence-corrected chi connectivity index (χ0v) is 17.8. The van der Waals surface area contributed by atoms with Crippen molar-refractivity contribution < 1.29 is 22.7 Å². The first-order valence-corrected chi connectivity index (χ1v) is 10.7. The van der Waals surface area contributed by atoms with Crippen molar-refractivity contribution >= 4 is 33.2 Å². The number of ether oxygens (including phenoxy) is 2. The Morgan fingerprint density at radius 2 is 1.67 bits per heavy atom. The van der Waals surface area contributed by atoms with Gasteiger partial charge in [0.25, 0.3) is 0 Å². The molecule has 0 aliphatic carbocycles. The summed E-state index contributed by atoms with van der Waals surface area (Å²) in [7, 11) is -2.60. The lowest BCUT2D eigenvalue weighted by atomic mass is 10.0. The second kappa shape index (κ2) is 8.74. The molecule has 0 aromatic heterocycles. The third-order valence-electron chi connectivity index (χ3n) is 4.14. The maximum Gasteiger partial charge on any atom is 0.241 e. The second-order valence-electron chi connectivity index (χ2n) is 6.36. The number of anilines is 1. The van der Waals surface area contributed by atoms with Gasteiger partial charge in [0.15, 0.2) is 0 Å². The first kappa shape index (κ1) is 21.6. The highest BCUT2D eigenvalue weighted by Gasteiger charge is 2.19. The van der Waals surface area contributed by atoms with Gasteiger partial charge in [0.05, 0.1) is 7.11 Å². The molecule has 0 unspecified atom stereocenters. The third kappa shape index (κ3) is 5.10. The molecular weight excluding hydrogens is 428 g/mol. The van der Waals surface area contributed by atoms with Gasteiger partial charge in [0, 0.05) is 23.2 Å². The highest BCUT2D eigenvalue weighted by atomic mass is 35.5. The zero-order chi connectivity index (χ0) is 21.9. The smallest absolute Gasteiger partial charge is 0.241 e. The number of benzene rings is 3. The van der Waals surface area contributed by atoms with E-state index >= 15 is 0 Å². The number of primary sulfonamides is 1. The predicted molar refractivity (Wildman–Crippen MR) is 116 cm³/mol. The van der Waals surface area contributed by atoms with Crippen LogP contribution in [0.4, 0.5) is 5.69 Å². The van der Waals surface area contributed by atoms with Crippen LogP contribution < -0.4 is 19.9 Å². The van der Waals surface area contributed by atoms with Crippen LogP contribution in [-0.4, -0.2) is 21.4 Å². The summed E-state index contributed by atoms with van der Waals surface area (Å²) >= 11 is 5.87. The monoisotopic (exact) mass is 446 g/mol. The molecule has 0 saturated heterocycles. The SMILES string of the molecule is COc1ccc(NC(C)=O)c(-c2ccc(Oc3ccc(Cl)cc3)c(S(N)(=O)=O)c2)c1. The highest BCUT2D eigenvalue weighted by Crippen LogP contribution is 2.37. The van der Waals surface area contributed by atoms with E-state index in [1.165, 1.54) is 26.2 Å².